The Kier molecular flexibility index (Phi) is 5.40. The Hall–Kier alpha value is -0.280. The molecule has 2 rings (SSSR count). The molecule has 0 spiro atoms. The predicted molar refractivity (Wildman–Crippen MR) is 63.2 cm³/mol. The predicted octanol–water partition coefficient (Wildman–Crippen LogP) is 1.32. The summed E-state index contributed by atoms with van der Waals surface area (Å²) in [6.45, 7) is 3.07. The van der Waals surface area contributed by atoms with Gasteiger partial charge in [-0.15, -0.1) is 12.4 Å². The largest absolute Gasteiger partial charge is 0.356 e. The number of halogens is 1. The van der Waals surface area contributed by atoms with E-state index in [0.717, 1.165) is 32.5 Å². The van der Waals surface area contributed by atoms with Gasteiger partial charge < -0.3 is 10.6 Å². The summed E-state index contributed by atoms with van der Waals surface area (Å²) < 4.78 is 0. The van der Waals surface area contributed by atoms with Crippen LogP contribution in [-0.4, -0.2) is 25.5 Å². The summed E-state index contributed by atoms with van der Waals surface area (Å²) in [5, 5.41) is 6.40. The Balaban J connectivity index is 0.00000112. The third-order valence-electron chi connectivity index (χ3n) is 3.45. The van der Waals surface area contributed by atoms with Gasteiger partial charge in [0.1, 0.15) is 0 Å². The minimum Gasteiger partial charge on any atom is -0.356 e. The van der Waals surface area contributed by atoms with E-state index in [4.69, 9.17) is 0 Å². The molecule has 1 saturated carbocycles. The molecule has 88 valence electrons. The highest BCUT2D eigenvalue weighted by Gasteiger charge is 2.23. The number of amides is 1. The molecule has 0 radical (unpaired) electrons. The van der Waals surface area contributed by atoms with Crippen LogP contribution >= 0.6 is 12.4 Å². The average Bonchev–Trinajstić information content (AvgIpc) is 2.87. The Morgan fingerprint density at radius 1 is 1.27 bits per heavy atom. The second kappa shape index (κ2) is 6.33. The third kappa shape index (κ3) is 3.65. The van der Waals surface area contributed by atoms with Crippen LogP contribution in [0.15, 0.2) is 0 Å². The van der Waals surface area contributed by atoms with Crippen molar-refractivity contribution in [3.05, 3.63) is 0 Å². The van der Waals surface area contributed by atoms with Crippen molar-refractivity contribution in [3.63, 3.8) is 0 Å². The highest BCUT2D eigenvalue weighted by atomic mass is 35.5. The third-order valence-corrected chi connectivity index (χ3v) is 3.45. The standard InChI is InChI=1S/C11H20N2O.ClH/c14-11(10-3-1-2-4-10)13-8-9-5-6-12-7-9;/h9-10,12H,1-8H2,(H,13,14);1H. The Labute approximate surface area is 97.8 Å². The number of hydrogen-bond donors (Lipinski definition) is 2. The summed E-state index contributed by atoms with van der Waals surface area (Å²) in [6, 6.07) is 0. The van der Waals surface area contributed by atoms with Crippen molar-refractivity contribution in [2.45, 2.75) is 32.1 Å². The summed E-state index contributed by atoms with van der Waals surface area (Å²) in [7, 11) is 0. The number of hydrogen-bond acceptors (Lipinski definition) is 2. The number of rotatable bonds is 3. The molecule has 3 nitrogen and oxygen atoms in total. The van der Waals surface area contributed by atoms with Gasteiger partial charge in [-0.1, -0.05) is 12.8 Å². The van der Waals surface area contributed by atoms with Gasteiger partial charge in [0, 0.05) is 12.5 Å². The van der Waals surface area contributed by atoms with E-state index in [1.807, 2.05) is 0 Å². The van der Waals surface area contributed by atoms with Crippen molar-refractivity contribution in [1.29, 1.82) is 0 Å². The van der Waals surface area contributed by atoms with Crippen LogP contribution in [0.3, 0.4) is 0 Å². The zero-order valence-corrected chi connectivity index (χ0v) is 9.94. The fourth-order valence-corrected chi connectivity index (χ4v) is 2.47. The molecule has 4 heteroatoms. The van der Waals surface area contributed by atoms with E-state index in [-0.39, 0.29) is 12.4 Å². The van der Waals surface area contributed by atoms with Crippen molar-refractivity contribution in [2.24, 2.45) is 11.8 Å². The fraction of sp³-hybridized carbons (Fsp3) is 0.909. The van der Waals surface area contributed by atoms with Crippen LogP contribution in [0.1, 0.15) is 32.1 Å². The van der Waals surface area contributed by atoms with Gasteiger partial charge >= 0.3 is 0 Å². The Morgan fingerprint density at radius 3 is 2.60 bits per heavy atom. The van der Waals surface area contributed by atoms with Gasteiger partial charge in [0.2, 0.25) is 5.91 Å². The molecular formula is C11H21ClN2O. The number of carbonyl (C=O) groups excluding carboxylic acids is 1. The highest BCUT2D eigenvalue weighted by Crippen LogP contribution is 2.24. The van der Waals surface area contributed by atoms with Crippen LogP contribution in [-0.2, 0) is 4.79 Å². The molecule has 2 aliphatic rings. The van der Waals surface area contributed by atoms with Gasteiger partial charge in [-0.05, 0) is 38.3 Å². The number of carbonyl (C=O) groups is 1. The molecule has 0 aromatic carbocycles. The van der Waals surface area contributed by atoms with Gasteiger partial charge in [0.15, 0.2) is 0 Å². The van der Waals surface area contributed by atoms with Crippen LogP contribution in [0.2, 0.25) is 0 Å². The van der Waals surface area contributed by atoms with Crippen molar-refractivity contribution in [1.82, 2.24) is 10.6 Å². The second-order valence-corrected chi connectivity index (χ2v) is 4.59. The average molecular weight is 233 g/mol. The molecule has 1 heterocycles. The van der Waals surface area contributed by atoms with Crippen LogP contribution in [0.25, 0.3) is 0 Å². The molecule has 0 aromatic rings. The summed E-state index contributed by atoms with van der Waals surface area (Å²) in [6.07, 6.45) is 5.90. The summed E-state index contributed by atoms with van der Waals surface area (Å²) >= 11 is 0. The van der Waals surface area contributed by atoms with Crippen molar-refractivity contribution in [3.8, 4) is 0 Å². The van der Waals surface area contributed by atoms with Gasteiger partial charge in [-0.2, -0.15) is 0 Å². The van der Waals surface area contributed by atoms with E-state index < -0.39 is 0 Å². The van der Waals surface area contributed by atoms with Crippen molar-refractivity contribution < 1.29 is 4.79 Å². The van der Waals surface area contributed by atoms with Crippen LogP contribution in [0.5, 0.6) is 0 Å². The number of nitrogens with one attached hydrogen (secondary N) is 2. The van der Waals surface area contributed by atoms with E-state index in [1.165, 1.54) is 19.3 Å². The fourth-order valence-electron chi connectivity index (χ4n) is 2.47. The van der Waals surface area contributed by atoms with Gasteiger partial charge in [-0.3, -0.25) is 4.79 Å². The summed E-state index contributed by atoms with van der Waals surface area (Å²) in [5.74, 6) is 1.29. The van der Waals surface area contributed by atoms with E-state index in [2.05, 4.69) is 10.6 Å². The Morgan fingerprint density at radius 2 is 2.00 bits per heavy atom. The molecule has 1 saturated heterocycles. The lowest BCUT2D eigenvalue weighted by Crippen LogP contribution is -2.34. The van der Waals surface area contributed by atoms with Crippen LogP contribution in [0.4, 0.5) is 0 Å². The van der Waals surface area contributed by atoms with Gasteiger partial charge in [-0.25, -0.2) is 0 Å². The molecule has 0 bridgehead atoms. The maximum atomic E-state index is 11.7. The van der Waals surface area contributed by atoms with Crippen LogP contribution in [0, 0.1) is 11.8 Å². The minimum atomic E-state index is 0. The first-order chi connectivity index (χ1) is 6.86. The summed E-state index contributed by atoms with van der Waals surface area (Å²) in [5.41, 5.74) is 0. The quantitative estimate of drug-likeness (QED) is 0.771. The first-order valence-corrected chi connectivity index (χ1v) is 5.84. The lowest BCUT2D eigenvalue weighted by atomic mass is 10.1. The monoisotopic (exact) mass is 232 g/mol. The van der Waals surface area contributed by atoms with Crippen molar-refractivity contribution >= 4 is 18.3 Å². The molecule has 2 fully saturated rings. The smallest absolute Gasteiger partial charge is 0.223 e. The molecule has 1 aliphatic carbocycles. The molecule has 1 unspecified atom stereocenters. The van der Waals surface area contributed by atoms with E-state index in [0.29, 0.717) is 17.7 Å². The zero-order chi connectivity index (χ0) is 9.80. The van der Waals surface area contributed by atoms with Crippen LogP contribution < -0.4 is 10.6 Å². The summed E-state index contributed by atoms with van der Waals surface area (Å²) in [4.78, 5) is 11.7. The van der Waals surface area contributed by atoms with Gasteiger partial charge in [0.05, 0.1) is 0 Å². The SMILES string of the molecule is Cl.O=C(NCC1CCNC1)C1CCCC1. The molecule has 1 aliphatic heterocycles. The molecule has 0 aromatic heterocycles. The lowest BCUT2D eigenvalue weighted by molar-refractivity contribution is -0.124. The Bertz CT molecular complexity index is 199. The van der Waals surface area contributed by atoms with Crippen molar-refractivity contribution in [2.75, 3.05) is 19.6 Å². The van der Waals surface area contributed by atoms with E-state index in [9.17, 15) is 4.79 Å². The zero-order valence-electron chi connectivity index (χ0n) is 9.13. The second-order valence-electron chi connectivity index (χ2n) is 4.59. The molecule has 2 N–H and O–H groups in total. The lowest BCUT2D eigenvalue weighted by Gasteiger charge is -2.13. The molecule has 1 amide bonds. The molecule has 1 atom stereocenters. The first kappa shape index (κ1) is 12.8. The van der Waals surface area contributed by atoms with Gasteiger partial charge in [0.25, 0.3) is 0 Å². The highest BCUT2D eigenvalue weighted by molar-refractivity contribution is 5.85. The van der Waals surface area contributed by atoms with E-state index in [1.54, 1.807) is 0 Å². The maximum absolute atomic E-state index is 11.7. The molecule has 15 heavy (non-hydrogen) atoms. The van der Waals surface area contributed by atoms with E-state index >= 15 is 0 Å². The molecular weight excluding hydrogens is 212 g/mol. The first-order valence-electron chi connectivity index (χ1n) is 5.84. The maximum Gasteiger partial charge on any atom is 0.223 e. The minimum absolute atomic E-state index is 0. The topological polar surface area (TPSA) is 41.1 Å². The normalized spacial score (nSPS) is 26.3.